The normalized spacial score (nSPS) is 16.1. The van der Waals surface area contributed by atoms with Gasteiger partial charge in [0.2, 0.25) is 5.91 Å². The number of fused-ring (bicyclic) bond motifs is 1. The lowest BCUT2D eigenvalue weighted by atomic mass is 10.1. The fraction of sp³-hybridized carbons (Fsp3) is 0.435. The summed E-state index contributed by atoms with van der Waals surface area (Å²) in [7, 11) is 0. The number of thiophene rings is 1. The number of thioether (sulfide) groups is 1. The fourth-order valence-electron chi connectivity index (χ4n) is 3.98. The summed E-state index contributed by atoms with van der Waals surface area (Å²) >= 11 is 8.97. The predicted octanol–water partition coefficient (Wildman–Crippen LogP) is 5.20. The van der Waals surface area contributed by atoms with Crippen LogP contribution in [0, 0.1) is 13.8 Å². The first-order valence-electron chi connectivity index (χ1n) is 10.7. The van der Waals surface area contributed by atoms with Gasteiger partial charge in [-0.2, -0.15) is 0 Å². The Morgan fingerprint density at radius 1 is 1.41 bits per heavy atom. The molecule has 4 rings (SSSR count). The van der Waals surface area contributed by atoms with Crippen LogP contribution in [0.25, 0.3) is 10.2 Å². The lowest BCUT2D eigenvalue weighted by Crippen LogP contribution is -2.29. The van der Waals surface area contributed by atoms with Crippen molar-refractivity contribution in [2.24, 2.45) is 0 Å². The highest BCUT2D eigenvalue weighted by atomic mass is 35.5. The van der Waals surface area contributed by atoms with Crippen LogP contribution in [0.5, 0.6) is 0 Å². The van der Waals surface area contributed by atoms with E-state index < -0.39 is 0 Å². The molecule has 6 nitrogen and oxygen atoms in total. The minimum atomic E-state index is -0.171. The third kappa shape index (κ3) is 4.73. The van der Waals surface area contributed by atoms with Crippen molar-refractivity contribution in [3.63, 3.8) is 0 Å². The lowest BCUT2D eigenvalue weighted by Gasteiger charge is -2.16. The second kappa shape index (κ2) is 9.95. The van der Waals surface area contributed by atoms with Gasteiger partial charge < -0.3 is 10.1 Å². The van der Waals surface area contributed by atoms with Gasteiger partial charge in [0, 0.05) is 22.2 Å². The van der Waals surface area contributed by atoms with Gasteiger partial charge in [0.15, 0.2) is 5.16 Å². The molecular weight excluding hydrogens is 466 g/mol. The zero-order chi connectivity index (χ0) is 22.8. The third-order valence-electron chi connectivity index (χ3n) is 5.72. The smallest absolute Gasteiger partial charge is 0.263 e. The summed E-state index contributed by atoms with van der Waals surface area (Å²) in [5.74, 6) is -0.0320. The molecule has 3 heterocycles. The summed E-state index contributed by atoms with van der Waals surface area (Å²) in [5, 5.41) is 4.77. The number of nitrogens with one attached hydrogen (secondary N) is 1. The number of ether oxygens (including phenoxy) is 1. The van der Waals surface area contributed by atoms with E-state index in [4.69, 9.17) is 21.3 Å². The molecule has 1 unspecified atom stereocenters. The first-order chi connectivity index (χ1) is 15.4. The summed E-state index contributed by atoms with van der Waals surface area (Å²) in [4.78, 5) is 32.8. The molecule has 0 bridgehead atoms. The molecule has 0 radical (unpaired) electrons. The number of benzene rings is 1. The number of nitrogens with zero attached hydrogens (tertiary/aromatic N) is 2. The van der Waals surface area contributed by atoms with Crippen LogP contribution < -0.4 is 10.9 Å². The van der Waals surface area contributed by atoms with Crippen LogP contribution in [-0.2, 0) is 22.5 Å². The molecule has 2 aromatic heterocycles. The van der Waals surface area contributed by atoms with Crippen LogP contribution in [0.3, 0.4) is 0 Å². The number of carbonyl (C=O) groups excluding carboxylic acids is 1. The molecule has 1 amide bonds. The van der Waals surface area contributed by atoms with Gasteiger partial charge in [0.05, 0.1) is 23.8 Å². The maximum Gasteiger partial charge on any atom is 0.263 e. The van der Waals surface area contributed by atoms with Crippen LogP contribution in [-0.4, -0.2) is 33.9 Å². The molecule has 0 aliphatic carbocycles. The average Bonchev–Trinajstić information content (AvgIpc) is 3.39. The van der Waals surface area contributed by atoms with E-state index in [9.17, 15) is 9.59 Å². The zero-order valence-electron chi connectivity index (χ0n) is 18.4. The van der Waals surface area contributed by atoms with Gasteiger partial charge in [0.25, 0.3) is 5.56 Å². The second-order valence-electron chi connectivity index (χ2n) is 7.86. The molecule has 1 atom stereocenters. The molecule has 9 heteroatoms. The third-order valence-corrected chi connectivity index (χ3v) is 8.14. The minimum absolute atomic E-state index is 0.000883. The van der Waals surface area contributed by atoms with Crippen LogP contribution in [0.1, 0.15) is 35.8 Å². The Bertz CT molecular complexity index is 1220. The van der Waals surface area contributed by atoms with E-state index in [1.54, 1.807) is 16.7 Å². The molecule has 1 aliphatic heterocycles. The lowest BCUT2D eigenvalue weighted by molar-refractivity contribution is -0.113. The van der Waals surface area contributed by atoms with Crippen molar-refractivity contribution >= 4 is 56.5 Å². The van der Waals surface area contributed by atoms with Crippen molar-refractivity contribution in [3.05, 3.63) is 49.6 Å². The van der Waals surface area contributed by atoms with Gasteiger partial charge in [-0.25, -0.2) is 4.98 Å². The van der Waals surface area contributed by atoms with E-state index in [2.05, 4.69) is 12.2 Å². The van der Waals surface area contributed by atoms with Crippen molar-refractivity contribution in [3.8, 4) is 0 Å². The Kier molecular flexibility index (Phi) is 7.24. The summed E-state index contributed by atoms with van der Waals surface area (Å²) in [6.45, 7) is 7.13. The molecule has 0 spiro atoms. The first kappa shape index (κ1) is 23.3. The topological polar surface area (TPSA) is 73.2 Å². The Labute approximate surface area is 200 Å². The van der Waals surface area contributed by atoms with Crippen LogP contribution in [0.15, 0.2) is 28.2 Å². The van der Waals surface area contributed by atoms with Crippen LogP contribution >= 0.6 is 34.7 Å². The Morgan fingerprint density at radius 2 is 2.22 bits per heavy atom. The zero-order valence-corrected chi connectivity index (χ0v) is 20.8. The molecule has 3 aromatic rings. The van der Waals surface area contributed by atoms with Crippen molar-refractivity contribution in [1.82, 2.24) is 9.55 Å². The molecule has 32 heavy (non-hydrogen) atoms. The van der Waals surface area contributed by atoms with Crippen LogP contribution in [0.4, 0.5) is 5.69 Å². The van der Waals surface area contributed by atoms with Crippen molar-refractivity contribution < 1.29 is 9.53 Å². The van der Waals surface area contributed by atoms with Gasteiger partial charge in [-0.05, 0) is 56.4 Å². The number of hydrogen-bond donors (Lipinski definition) is 1. The van der Waals surface area contributed by atoms with Gasteiger partial charge in [-0.15, -0.1) is 11.3 Å². The quantitative estimate of drug-likeness (QED) is 0.363. The molecule has 1 saturated heterocycles. The van der Waals surface area contributed by atoms with E-state index in [0.717, 1.165) is 46.7 Å². The van der Waals surface area contributed by atoms with E-state index in [1.165, 1.54) is 23.1 Å². The number of hydrogen-bond acceptors (Lipinski definition) is 6. The number of rotatable bonds is 7. The highest BCUT2D eigenvalue weighted by molar-refractivity contribution is 7.99. The number of aromatic nitrogens is 2. The van der Waals surface area contributed by atoms with Gasteiger partial charge in [0.1, 0.15) is 4.83 Å². The summed E-state index contributed by atoms with van der Waals surface area (Å²) in [6.07, 6.45) is 2.71. The number of anilines is 1. The Hall–Kier alpha value is -1.87. The van der Waals surface area contributed by atoms with Crippen molar-refractivity contribution in [2.45, 2.75) is 57.8 Å². The van der Waals surface area contributed by atoms with Gasteiger partial charge in [-0.3, -0.25) is 14.2 Å². The monoisotopic (exact) mass is 491 g/mol. The maximum absolute atomic E-state index is 13.5. The maximum atomic E-state index is 13.5. The van der Waals surface area contributed by atoms with E-state index in [-0.39, 0.29) is 23.3 Å². The van der Waals surface area contributed by atoms with Gasteiger partial charge in [-0.1, -0.05) is 36.4 Å². The molecule has 1 aromatic carbocycles. The van der Waals surface area contributed by atoms with Crippen molar-refractivity contribution in [1.29, 1.82) is 0 Å². The number of halogens is 1. The molecule has 1 fully saturated rings. The molecule has 170 valence electrons. The van der Waals surface area contributed by atoms with Crippen molar-refractivity contribution in [2.75, 3.05) is 17.7 Å². The molecule has 0 saturated carbocycles. The summed E-state index contributed by atoms with van der Waals surface area (Å²) in [6, 6.07) is 5.41. The second-order valence-corrected chi connectivity index (χ2v) is 10.4. The number of aryl methyl sites for hydroxylation is 2. The largest absolute Gasteiger partial charge is 0.376 e. The standard InChI is InChI=1S/C23H26ClN3O3S2/c1-4-16-14(3)32-21-20(16)22(29)27(11-15-7-6-10-30-15)23(26-21)31-12-19(28)25-18-9-5-8-17(24)13(18)2/h5,8-9,15H,4,6-7,10-12H2,1-3H3,(H,25,28). The molecular formula is C23H26ClN3O3S2. The molecule has 1 aliphatic rings. The average molecular weight is 492 g/mol. The SMILES string of the molecule is CCc1c(C)sc2nc(SCC(=O)Nc3cccc(Cl)c3C)n(CC3CCCO3)c(=O)c12. The Morgan fingerprint density at radius 3 is 2.94 bits per heavy atom. The van der Waals surface area contributed by atoms with Crippen LogP contribution in [0.2, 0.25) is 5.02 Å². The summed E-state index contributed by atoms with van der Waals surface area (Å²) in [5.41, 5.74) is 2.53. The molecule has 1 N–H and O–H groups in total. The van der Waals surface area contributed by atoms with Gasteiger partial charge >= 0.3 is 0 Å². The van der Waals surface area contributed by atoms with E-state index in [1.807, 2.05) is 19.9 Å². The minimum Gasteiger partial charge on any atom is -0.376 e. The van der Waals surface area contributed by atoms with E-state index >= 15 is 0 Å². The fourth-order valence-corrected chi connectivity index (χ4v) is 6.12. The summed E-state index contributed by atoms with van der Waals surface area (Å²) < 4.78 is 7.48. The Balaban J connectivity index is 1.62. The highest BCUT2D eigenvalue weighted by Crippen LogP contribution is 2.30. The van der Waals surface area contributed by atoms with E-state index in [0.29, 0.717) is 27.8 Å². The predicted molar refractivity (Wildman–Crippen MR) is 133 cm³/mol. The number of carbonyl (C=O) groups is 1. The first-order valence-corrected chi connectivity index (χ1v) is 12.9. The highest BCUT2D eigenvalue weighted by Gasteiger charge is 2.23. The number of amides is 1.